The first-order chi connectivity index (χ1) is 13.1. The first kappa shape index (κ1) is 17.4. The molecule has 27 heavy (non-hydrogen) atoms. The highest BCUT2D eigenvalue weighted by molar-refractivity contribution is 7.07. The molecule has 2 aromatic carbocycles. The first-order valence-corrected chi connectivity index (χ1v) is 9.68. The summed E-state index contributed by atoms with van der Waals surface area (Å²) in [4.78, 5) is 14.6. The number of benzene rings is 2. The second kappa shape index (κ2) is 7.29. The summed E-state index contributed by atoms with van der Waals surface area (Å²) < 4.78 is 2.16. The molecule has 0 amide bonds. The van der Waals surface area contributed by atoms with Crippen molar-refractivity contribution >= 4 is 17.3 Å². The minimum atomic E-state index is 0.495. The van der Waals surface area contributed by atoms with Crippen LogP contribution < -0.4 is 4.80 Å². The fourth-order valence-corrected chi connectivity index (χ4v) is 3.89. The van der Waals surface area contributed by atoms with Gasteiger partial charge in [0.2, 0.25) is 0 Å². The number of para-hydroxylation sites is 1. The fourth-order valence-electron chi connectivity index (χ4n) is 2.98. The molecule has 0 unspecified atom stereocenters. The average Bonchev–Trinajstić information content (AvgIpc) is 3.05. The van der Waals surface area contributed by atoms with Crippen LogP contribution in [0.3, 0.4) is 0 Å². The molecule has 0 saturated heterocycles. The summed E-state index contributed by atoms with van der Waals surface area (Å²) in [6.07, 6.45) is 0. The van der Waals surface area contributed by atoms with E-state index in [9.17, 15) is 0 Å². The molecule has 2 aromatic heterocycles. The predicted molar refractivity (Wildman–Crippen MR) is 111 cm³/mol. The lowest BCUT2D eigenvalue weighted by Crippen LogP contribution is -2.14. The lowest BCUT2D eigenvalue weighted by molar-refractivity contribution is 0.969. The van der Waals surface area contributed by atoms with E-state index in [1.54, 1.807) is 11.3 Å². The SMILES string of the molecule is Cc1ccc(-c2csc(=Nc3nc(C)cc(C)n3)n2-c2ccccc2)cc1. The van der Waals surface area contributed by atoms with Gasteiger partial charge in [-0.1, -0.05) is 48.0 Å². The van der Waals surface area contributed by atoms with Crippen LogP contribution in [0.5, 0.6) is 0 Å². The molecule has 0 aliphatic rings. The van der Waals surface area contributed by atoms with E-state index in [0.717, 1.165) is 33.1 Å². The molecule has 0 spiro atoms. The summed E-state index contributed by atoms with van der Waals surface area (Å²) in [5.74, 6) is 0.495. The Labute approximate surface area is 162 Å². The maximum Gasteiger partial charge on any atom is 0.252 e. The second-order valence-corrected chi connectivity index (χ2v) is 7.34. The molecule has 134 valence electrons. The maximum absolute atomic E-state index is 4.76. The minimum Gasteiger partial charge on any atom is -0.285 e. The second-order valence-electron chi connectivity index (χ2n) is 6.50. The summed E-state index contributed by atoms with van der Waals surface area (Å²) in [5, 5.41) is 2.14. The zero-order valence-electron chi connectivity index (χ0n) is 15.5. The lowest BCUT2D eigenvalue weighted by atomic mass is 10.1. The molecule has 0 fully saturated rings. The van der Waals surface area contributed by atoms with Gasteiger partial charge in [-0.2, -0.15) is 4.99 Å². The van der Waals surface area contributed by atoms with Gasteiger partial charge in [0, 0.05) is 22.5 Å². The standard InChI is InChI=1S/C22H20N4S/c1-15-9-11-18(12-10-15)20-14-27-22(26(20)19-7-5-4-6-8-19)25-21-23-16(2)13-17(3)24-21/h4-14H,1-3H3. The van der Waals surface area contributed by atoms with E-state index in [2.05, 4.69) is 63.2 Å². The maximum atomic E-state index is 4.76. The van der Waals surface area contributed by atoms with Gasteiger partial charge in [-0.25, -0.2) is 9.97 Å². The van der Waals surface area contributed by atoms with E-state index >= 15 is 0 Å². The smallest absolute Gasteiger partial charge is 0.252 e. The zero-order valence-corrected chi connectivity index (χ0v) is 16.4. The number of rotatable bonds is 3. The Morgan fingerprint density at radius 2 is 1.52 bits per heavy atom. The molecular weight excluding hydrogens is 352 g/mol. The highest BCUT2D eigenvalue weighted by atomic mass is 32.1. The van der Waals surface area contributed by atoms with Crippen molar-refractivity contribution in [3.05, 3.63) is 87.8 Å². The van der Waals surface area contributed by atoms with Crippen molar-refractivity contribution in [2.24, 2.45) is 4.99 Å². The molecule has 0 bridgehead atoms. The Morgan fingerprint density at radius 3 is 2.19 bits per heavy atom. The van der Waals surface area contributed by atoms with Crippen LogP contribution in [0.25, 0.3) is 16.9 Å². The Morgan fingerprint density at radius 1 is 0.852 bits per heavy atom. The number of hydrogen-bond donors (Lipinski definition) is 0. The molecule has 4 rings (SSSR count). The fraction of sp³-hybridized carbons (Fsp3) is 0.136. The van der Waals surface area contributed by atoms with Crippen LogP contribution in [0, 0.1) is 20.8 Å². The van der Waals surface area contributed by atoms with Crippen molar-refractivity contribution in [2.75, 3.05) is 0 Å². The van der Waals surface area contributed by atoms with Crippen LogP contribution >= 0.6 is 11.3 Å². The zero-order chi connectivity index (χ0) is 18.8. The van der Waals surface area contributed by atoms with Crippen LogP contribution in [0.15, 0.2) is 71.0 Å². The Hall–Kier alpha value is -3.05. The molecule has 2 heterocycles. The monoisotopic (exact) mass is 372 g/mol. The van der Waals surface area contributed by atoms with E-state index < -0.39 is 0 Å². The van der Waals surface area contributed by atoms with Gasteiger partial charge in [0.05, 0.1) is 5.69 Å². The van der Waals surface area contributed by atoms with E-state index in [1.165, 1.54) is 5.56 Å². The Bertz CT molecular complexity index is 1120. The molecular formula is C22H20N4S. The summed E-state index contributed by atoms with van der Waals surface area (Å²) in [6.45, 7) is 6.02. The molecule has 4 nitrogen and oxygen atoms in total. The van der Waals surface area contributed by atoms with Crippen LogP contribution in [0.1, 0.15) is 17.0 Å². The Balaban J connectivity index is 1.95. The highest BCUT2D eigenvalue weighted by Crippen LogP contribution is 2.24. The van der Waals surface area contributed by atoms with Gasteiger partial charge >= 0.3 is 0 Å². The van der Waals surface area contributed by atoms with Gasteiger partial charge in [-0.05, 0) is 44.5 Å². The topological polar surface area (TPSA) is 43.1 Å². The molecule has 5 heteroatoms. The number of thiazole rings is 1. The Kier molecular flexibility index (Phi) is 4.69. The molecule has 0 saturated carbocycles. The van der Waals surface area contributed by atoms with Crippen molar-refractivity contribution in [1.82, 2.24) is 14.5 Å². The number of hydrogen-bond acceptors (Lipinski definition) is 4. The van der Waals surface area contributed by atoms with Crippen LogP contribution in [-0.2, 0) is 0 Å². The molecule has 0 aliphatic carbocycles. The third kappa shape index (κ3) is 3.73. The van der Waals surface area contributed by atoms with E-state index in [-0.39, 0.29) is 0 Å². The van der Waals surface area contributed by atoms with Crippen molar-refractivity contribution in [3.63, 3.8) is 0 Å². The number of nitrogens with zero attached hydrogens (tertiary/aromatic N) is 4. The molecule has 0 radical (unpaired) electrons. The predicted octanol–water partition coefficient (Wildman–Crippen LogP) is 5.15. The number of aromatic nitrogens is 3. The van der Waals surface area contributed by atoms with Crippen LogP contribution in [-0.4, -0.2) is 14.5 Å². The van der Waals surface area contributed by atoms with Gasteiger partial charge < -0.3 is 0 Å². The highest BCUT2D eigenvalue weighted by Gasteiger charge is 2.10. The number of aryl methyl sites for hydroxylation is 3. The third-order valence-corrected chi connectivity index (χ3v) is 5.06. The van der Waals surface area contributed by atoms with E-state index in [1.807, 2.05) is 38.1 Å². The van der Waals surface area contributed by atoms with Gasteiger partial charge in [0.1, 0.15) is 0 Å². The largest absolute Gasteiger partial charge is 0.285 e. The van der Waals surface area contributed by atoms with Gasteiger partial charge in [-0.3, -0.25) is 4.57 Å². The summed E-state index contributed by atoms with van der Waals surface area (Å²) in [6, 6.07) is 20.8. The van der Waals surface area contributed by atoms with E-state index in [4.69, 9.17) is 4.99 Å². The van der Waals surface area contributed by atoms with E-state index in [0.29, 0.717) is 5.95 Å². The average molecular weight is 372 g/mol. The third-order valence-electron chi connectivity index (χ3n) is 4.24. The van der Waals surface area contributed by atoms with Crippen LogP contribution in [0.2, 0.25) is 0 Å². The summed E-state index contributed by atoms with van der Waals surface area (Å²) >= 11 is 1.59. The quantitative estimate of drug-likeness (QED) is 0.499. The molecule has 0 atom stereocenters. The normalized spacial score (nSPS) is 11.7. The lowest BCUT2D eigenvalue weighted by Gasteiger charge is -2.09. The minimum absolute atomic E-state index is 0.495. The first-order valence-electron chi connectivity index (χ1n) is 8.80. The van der Waals surface area contributed by atoms with Crippen molar-refractivity contribution in [1.29, 1.82) is 0 Å². The molecule has 0 N–H and O–H groups in total. The summed E-state index contributed by atoms with van der Waals surface area (Å²) in [5.41, 5.74) is 6.41. The van der Waals surface area contributed by atoms with Gasteiger partial charge in [-0.15, -0.1) is 11.3 Å². The molecule has 4 aromatic rings. The van der Waals surface area contributed by atoms with Crippen molar-refractivity contribution in [2.45, 2.75) is 20.8 Å². The molecule has 0 aliphatic heterocycles. The van der Waals surface area contributed by atoms with Crippen molar-refractivity contribution in [3.8, 4) is 16.9 Å². The van der Waals surface area contributed by atoms with Gasteiger partial charge in [0.25, 0.3) is 5.95 Å². The van der Waals surface area contributed by atoms with Crippen molar-refractivity contribution < 1.29 is 0 Å². The van der Waals surface area contributed by atoms with Crippen LogP contribution in [0.4, 0.5) is 5.95 Å². The van der Waals surface area contributed by atoms with Gasteiger partial charge in [0.15, 0.2) is 4.80 Å². The summed E-state index contributed by atoms with van der Waals surface area (Å²) in [7, 11) is 0.